The number of hydrogen-bond acceptors (Lipinski definition) is 4. The van der Waals surface area contributed by atoms with Crippen LogP contribution in [-0.2, 0) is 4.74 Å². The second kappa shape index (κ2) is 4.89. The van der Waals surface area contributed by atoms with E-state index in [-0.39, 0.29) is 5.82 Å². The van der Waals surface area contributed by atoms with Gasteiger partial charge in [-0.3, -0.25) is 0 Å². The van der Waals surface area contributed by atoms with Gasteiger partial charge in [0.05, 0.1) is 18.0 Å². The Kier molecular flexibility index (Phi) is 3.06. The van der Waals surface area contributed by atoms with Gasteiger partial charge in [0, 0.05) is 5.39 Å². The molecule has 1 heterocycles. The van der Waals surface area contributed by atoms with Crippen molar-refractivity contribution in [1.82, 2.24) is 9.97 Å². The van der Waals surface area contributed by atoms with Crippen LogP contribution in [0.15, 0.2) is 36.4 Å². The number of esters is 1. The highest BCUT2D eigenvalue weighted by atomic mass is 16.5. The van der Waals surface area contributed by atoms with Crippen LogP contribution >= 0.6 is 0 Å². The Labute approximate surface area is 116 Å². The first kappa shape index (κ1) is 12.5. The quantitative estimate of drug-likeness (QED) is 0.668. The first-order chi connectivity index (χ1) is 9.70. The number of nitrogens with zero attached hydrogens (tertiary/aromatic N) is 2. The predicted octanol–water partition coefficient (Wildman–Crippen LogP) is 3.22. The summed E-state index contributed by atoms with van der Waals surface area (Å²) < 4.78 is 4.97. The van der Waals surface area contributed by atoms with E-state index in [1.54, 1.807) is 6.92 Å². The highest BCUT2D eigenvalue weighted by Gasteiger charge is 2.20. The fourth-order valence-electron chi connectivity index (χ4n) is 2.24. The van der Waals surface area contributed by atoms with E-state index in [1.165, 1.54) is 0 Å². The van der Waals surface area contributed by atoms with Crippen molar-refractivity contribution in [2.75, 3.05) is 6.61 Å². The molecule has 100 valence electrons. The Hall–Kier alpha value is -2.49. The molecule has 20 heavy (non-hydrogen) atoms. The topological polar surface area (TPSA) is 52.1 Å². The van der Waals surface area contributed by atoms with Gasteiger partial charge in [-0.25, -0.2) is 14.8 Å². The Morgan fingerprint density at radius 1 is 1.10 bits per heavy atom. The number of hydrogen-bond donors (Lipinski definition) is 0. The van der Waals surface area contributed by atoms with Crippen LogP contribution in [-0.4, -0.2) is 22.5 Å². The van der Waals surface area contributed by atoms with Gasteiger partial charge in [-0.1, -0.05) is 36.4 Å². The molecule has 4 nitrogen and oxygen atoms in total. The first-order valence-corrected chi connectivity index (χ1v) is 6.54. The van der Waals surface area contributed by atoms with Crippen molar-refractivity contribution in [2.24, 2.45) is 0 Å². The summed E-state index contributed by atoms with van der Waals surface area (Å²) in [7, 11) is 0. The van der Waals surface area contributed by atoms with Gasteiger partial charge in [0.15, 0.2) is 0 Å². The van der Waals surface area contributed by atoms with Crippen LogP contribution in [0.25, 0.3) is 22.2 Å². The molecule has 0 N–H and O–H groups in total. The minimum atomic E-state index is -0.477. The summed E-state index contributed by atoms with van der Waals surface area (Å²) >= 11 is 0. The summed E-state index contributed by atoms with van der Waals surface area (Å²) in [6, 6.07) is 12.0. The van der Waals surface area contributed by atoms with Gasteiger partial charge in [-0.05, 0) is 24.8 Å². The number of rotatable bonds is 2. The van der Waals surface area contributed by atoms with Crippen molar-refractivity contribution in [3.8, 4) is 11.4 Å². The summed E-state index contributed by atoms with van der Waals surface area (Å²) in [5.41, 5.74) is 2.47. The molecule has 1 aromatic carbocycles. The van der Waals surface area contributed by atoms with Crippen LogP contribution in [0.5, 0.6) is 0 Å². The molecule has 0 aromatic heterocycles. The second-order valence-electron chi connectivity index (χ2n) is 4.57. The Morgan fingerprint density at radius 3 is 2.65 bits per heavy atom. The summed E-state index contributed by atoms with van der Waals surface area (Å²) in [6.45, 7) is 4.04. The van der Waals surface area contributed by atoms with Gasteiger partial charge >= 0.3 is 5.97 Å². The van der Waals surface area contributed by atoms with Crippen molar-refractivity contribution in [3.05, 3.63) is 47.8 Å². The van der Waals surface area contributed by atoms with Gasteiger partial charge in [0.2, 0.25) is 5.82 Å². The lowest BCUT2D eigenvalue weighted by atomic mass is 10.1. The Balaban J connectivity index is 2.30. The zero-order valence-electron chi connectivity index (χ0n) is 11.4. The lowest BCUT2D eigenvalue weighted by molar-refractivity contribution is 0.0513. The molecule has 0 atom stereocenters. The molecule has 0 fully saturated rings. The van der Waals surface area contributed by atoms with Crippen LogP contribution in [0.1, 0.15) is 23.1 Å². The van der Waals surface area contributed by atoms with E-state index in [0.717, 1.165) is 27.7 Å². The first-order valence-electron chi connectivity index (χ1n) is 6.54. The zero-order chi connectivity index (χ0) is 14.1. The lowest BCUT2D eigenvalue weighted by Crippen LogP contribution is -2.06. The molecule has 1 aliphatic heterocycles. The molecule has 0 saturated heterocycles. The molecule has 0 bridgehead atoms. The van der Waals surface area contributed by atoms with E-state index < -0.39 is 5.97 Å². The number of carbonyl (C=O) groups excluding carboxylic acids is 1. The number of fused-ring (bicyclic) bond motifs is 3. The molecule has 0 spiro atoms. The number of ether oxygens (including phenoxy) is 1. The molecule has 2 aliphatic rings. The van der Waals surface area contributed by atoms with E-state index >= 15 is 0 Å². The molecule has 0 unspecified atom stereocenters. The van der Waals surface area contributed by atoms with Crippen molar-refractivity contribution >= 4 is 16.7 Å². The van der Waals surface area contributed by atoms with Crippen molar-refractivity contribution in [1.29, 1.82) is 0 Å². The fraction of sp³-hybridized carbons (Fsp3) is 0.188. The molecular formula is C16H14N2O2. The largest absolute Gasteiger partial charge is 0.460 e. The number of carbonyl (C=O) groups is 1. The minimum absolute atomic E-state index is 0.126. The van der Waals surface area contributed by atoms with Crippen molar-refractivity contribution in [3.63, 3.8) is 0 Å². The maximum atomic E-state index is 11.8. The van der Waals surface area contributed by atoms with Crippen molar-refractivity contribution in [2.45, 2.75) is 13.8 Å². The maximum absolute atomic E-state index is 11.8. The van der Waals surface area contributed by atoms with Gasteiger partial charge in [0.25, 0.3) is 0 Å². The molecular weight excluding hydrogens is 252 g/mol. The molecule has 0 amide bonds. The number of aryl methyl sites for hydroxylation is 1. The molecule has 3 rings (SSSR count). The van der Waals surface area contributed by atoms with E-state index in [2.05, 4.69) is 9.97 Å². The molecule has 4 heteroatoms. The predicted molar refractivity (Wildman–Crippen MR) is 76.9 cm³/mol. The van der Waals surface area contributed by atoms with Gasteiger partial charge in [-0.2, -0.15) is 0 Å². The monoisotopic (exact) mass is 266 g/mol. The van der Waals surface area contributed by atoms with Crippen LogP contribution in [0.4, 0.5) is 0 Å². The average molecular weight is 266 g/mol. The van der Waals surface area contributed by atoms with E-state index in [9.17, 15) is 4.79 Å². The van der Waals surface area contributed by atoms with E-state index in [0.29, 0.717) is 6.61 Å². The molecule has 0 saturated carbocycles. The lowest BCUT2D eigenvalue weighted by Gasteiger charge is -1.96. The normalized spacial score (nSPS) is 10.9. The summed E-state index contributed by atoms with van der Waals surface area (Å²) in [4.78, 5) is 20.5. The van der Waals surface area contributed by atoms with Crippen molar-refractivity contribution < 1.29 is 9.53 Å². The molecule has 1 aliphatic carbocycles. The van der Waals surface area contributed by atoms with E-state index in [1.807, 2.05) is 43.3 Å². The SMILES string of the molecule is CCOC(=O)c1nc2c(C)ccc3ccccc3c-2n1. The van der Waals surface area contributed by atoms with E-state index in [4.69, 9.17) is 4.74 Å². The van der Waals surface area contributed by atoms with Crippen LogP contribution in [0, 0.1) is 6.92 Å². The summed E-state index contributed by atoms with van der Waals surface area (Å²) in [6.07, 6.45) is 0. The fourth-order valence-corrected chi connectivity index (χ4v) is 2.24. The van der Waals surface area contributed by atoms with Crippen LogP contribution in [0.3, 0.4) is 0 Å². The van der Waals surface area contributed by atoms with Crippen LogP contribution < -0.4 is 0 Å². The third-order valence-corrected chi connectivity index (χ3v) is 3.22. The minimum Gasteiger partial charge on any atom is -0.460 e. The molecule has 1 aromatic rings. The smallest absolute Gasteiger partial charge is 0.376 e. The van der Waals surface area contributed by atoms with Gasteiger partial charge < -0.3 is 4.74 Å². The summed E-state index contributed by atoms with van der Waals surface area (Å²) in [5, 5.41) is 2.06. The van der Waals surface area contributed by atoms with Crippen LogP contribution in [0.2, 0.25) is 0 Å². The molecule has 0 radical (unpaired) electrons. The Bertz CT molecular complexity index is 768. The maximum Gasteiger partial charge on any atom is 0.376 e. The number of benzene rings is 1. The standard InChI is InChI=1S/C16H14N2O2/c1-3-20-16(19)15-17-13-10(2)8-9-11-6-4-5-7-12(11)14(13)18-15/h4-9H,3H2,1-2H3. The zero-order valence-corrected chi connectivity index (χ0v) is 11.4. The highest BCUT2D eigenvalue weighted by molar-refractivity contribution is 5.97. The third-order valence-electron chi connectivity index (χ3n) is 3.22. The average Bonchev–Trinajstić information content (AvgIpc) is 2.85. The van der Waals surface area contributed by atoms with Gasteiger partial charge in [-0.15, -0.1) is 0 Å². The third kappa shape index (κ3) is 1.99. The second-order valence-corrected chi connectivity index (χ2v) is 4.57. The summed E-state index contributed by atoms with van der Waals surface area (Å²) in [5.74, 6) is -0.351. The number of aromatic nitrogens is 2. The Morgan fingerprint density at radius 2 is 1.85 bits per heavy atom. The van der Waals surface area contributed by atoms with Gasteiger partial charge in [0.1, 0.15) is 0 Å². The number of imidazole rings is 1. The highest BCUT2D eigenvalue weighted by Crippen LogP contribution is 2.29.